The molecule has 2 atom stereocenters. The fourth-order valence-corrected chi connectivity index (χ4v) is 5.21. The van der Waals surface area contributed by atoms with Crippen molar-refractivity contribution >= 4 is 33.5 Å². The Kier molecular flexibility index (Phi) is 8.04. The predicted octanol–water partition coefficient (Wildman–Crippen LogP) is 5.00. The number of fused-ring (bicyclic) bond motifs is 1. The van der Waals surface area contributed by atoms with E-state index < -0.39 is 12.0 Å². The zero-order valence-corrected chi connectivity index (χ0v) is 20.3. The number of hydrogen-bond acceptors (Lipinski definition) is 4. The first-order chi connectivity index (χ1) is 16.0. The SMILES string of the molecule is O=C(O)[C@@H](CCN[C@H]1COc2ccccc2N(Cc2ccc(Br)cc2)C1=O)C1CCCCC1. The number of amides is 1. The molecule has 0 spiro atoms. The molecule has 1 heterocycles. The van der Waals surface area contributed by atoms with Crippen molar-refractivity contribution in [2.24, 2.45) is 11.8 Å². The van der Waals surface area contributed by atoms with E-state index in [2.05, 4.69) is 21.2 Å². The third kappa shape index (κ3) is 5.95. The molecule has 2 aromatic rings. The number of hydrogen-bond donors (Lipinski definition) is 2. The Bertz CT molecular complexity index is 959. The van der Waals surface area contributed by atoms with Crippen molar-refractivity contribution in [1.29, 1.82) is 0 Å². The molecule has 0 bridgehead atoms. The van der Waals surface area contributed by atoms with Gasteiger partial charge in [0.2, 0.25) is 5.91 Å². The molecule has 1 amide bonds. The van der Waals surface area contributed by atoms with Crippen molar-refractivity contribution in [3.05, 3.63) is 58.6 Å². The number of nitrogens with one attached hydrogen (secondary N) is 1. The molecular formula is C26H31BrN2O4. The molecular weight excluding hydrogens is 484 g/mol. The minimum Gasteiger partial charge on any atom is -0.489 e. The Balaban J connectivity index is 1.45. The molecule has 0 unspecified atom stereocenters. The molecule has 4 rings (SSSR count). The number of carboxylic acids is 1. The van der Waals surface area contributed by atoms with Gasteiger partial charge < -0.3 is 20.1 Å². The van der Waals surface area contributed by atoms with E-state index in [4.69, 9.17) is 4.74 Å². The van der Waals surface area contributed by atoms with Gasteiger partial charge in [-0.15, -0.1) is 0 Å². The molecule has 2 aromatic carbocycles. The van der Waals surface area contributed by atoms with Crippen LogP contribution < -0.4 is 15.0 Å². The Morgan fingerprint density at radius 2 is 1.85 bits per heavy atom. The van der Waals surface area contributed by atoms with Gasteiger partial charge in [0.05, 0.1) is 18.2 Å². The van der Waals surface area contributed by atoms with Gasteiger partial charge in [-0.1, -0.05) is 59.5 Å². The molecule has 7 heteroatoms. The van der Waals surface area contributed by atoms with Crippen LogP contribution in [0.4, 0.5) is 5.69 Å². The lowest BCUT2D eigenvalue weighted by Gasteiger charge is -2.28. The van der Waals surface area contributed by atoms with E-state index in [0.717, 1.165) is 41.4 Å². The molecule has 2 N–H and O–H groups in total. The van der Waals surface area contributed by atoms with Gasteiger partial charge >= 0.3 is 5.97 Å². The Labute approximate surface area is 203 Å². The minimum atomic E-state index is -0.726. The van der Waals surface area contributed by atoms with E-state index in [0.29, 0.717) is 25.3 Å². The summed E-state index contributed by atoms with van der Waals surface area (Å²) >= 11 is 3.46. The molecule has 1 aliphatic heterocycles. The van der Waals surface area contributed by atoms with Crippen molar-refractivity contribution in [2.45, 2.75) is 51.1 Å². The predicted molar refractivity (Wildman–Crippen MR) is 131 cm³/mol. The maximum atomic E-state index is 13.5. The fraction of sp³-hybridized carbons (Fsp3) is 0.462. The van der Waals surface area contributed by atoms with Crippen molar-refractivity contribution in [2.75, 3.05) is 18.1 Å². The van der Waals surface area contributed by atoms with Crippen LogP contribution in [0.15, 0.2) is 53.0 Å². The second kappa shape index (κ2) is 11.2. The summed E-state index contributed by atoms with van der Waals surface area (Å²) in [7, 11) is 0. The van der Waals surface area contributed by atoms with Crippen LogP contribution in [0.3, 0.4) is 0 Å². The average Bonchev–Trinajstić information content (AvgIpc) is 2.95. The average molecular weight is 515 g/mol. The lowest BCUT2D eigenvalue weighted by molar-refractivity contribution is -0.144. The van der Waals surface area contributed by atoms with Crippen LogP contribution in [0, 0.1) is 11.8 Å². The van der Waals surface area contributed by atoms with E-state index in [1.54, 1.807) is 4.90 Å². The highest BCUT2D eigenvalue weighted by Gasteiger charge is 2.33. The van der Waals surface area contributed by atoms with Gasteiger partial charge in [-0.2, -0.15) is 0 Å². The standard InChI is InChI=1S/C26H31BrN2O4/c27-20-12-10-18(11-13-20)16-29-23-8-4-5-9-24(23)33-17-22(25(29)30)28-15-14-21(26(31)32)19-6-2-1-3-7-19/h4-5,8-13,19,21-22,28H,1-3,6-7,14-17H2,(H,31,32)/t21-,22-/m0/s1. The number of anilines is 1. The zero-order chi connectivity index (χ0) is 23.2. The number of benzene rings is 2. The molecule has 6 nitrogen and oxygen atoms in total. The number of carbonyl (C=O) groups excluding carboxylic acids is 1. The molecule has 176 valence electrons. The van der Waals surface area contributed by atoms with Crippen molar-refractivity contribution in [3.8, 4) is 5.75 Å². The van der Waals surface area contributed by atoms with Gasteiger partial charge in [0.1, 0.15) is 18.4 Å². The Hall–Kier alpha value is -2.38. The van der Waals surface area contributed by atoms with Crippen molar-refractivity contribution < 1.29 is 19.4 Å². The van der Waals surface area contributed by atoms with Crippen LogP contribution in [0.25, 0.3) is 0 Å². The monoisotopic (exact) mass is 514 g/mol. The number of carboxylic acid groups (broad SMARTS) is 1. The van der Waals surface area contributed by atoms with Crippen LogP contribution in [0.5, 0.6) is 5.75 Å². The number of aliphatic carboxylic acids is 1. The smallest absolute Gasteiger partial charge is 0.306 e. The topological polar surface area (TPSA) is 78.9 Å². The zero-order valence-electron chi connectivity index (χ0n) is 18.7. The number of ether oxygens (including phenoxy) is 1. The van der Waals surface area contributed by atoms with E-state index in [9.17, 15) is 14.7 Å². The Morgan fingerprint density at radius 3 is 2.58 bits per heavy atom. The summed E-state index contributed by atoms with van der Waals surface area (Å²) in [6.45, 7) is 1.12. The highest BCUT2D eigenvalue weighted by Crippen LogP contribution is 2.33. The van der Waals surface area contributed by atoms with E-state index in [1.807, 2.05) is 48.5 Å². The molecule has 0 saturated heterocycles. The third-order valence-corrected chi connectivity index (χ3v) is 7.29. The normalized spacial score (nSPS) is 20.0. The van der Waals surface area contributed by atoms with E-state index >= 15 is 0 Å². The first-order valence-corrected chi connectivity index (χ1v) is 12.6. The molecule has 0 aromatic heterocycles. The number of para-hydroxylation sites is 2. The second-order valence-electron chi connectivity index (χ2n) is 8.97. The van der Waals surface area contributed by atoms with Gasteiger partial charge in [-0.3, -0.25) is 9.59 Å². The lowest BCUT2D eigenvalue weighted by atomic mass is 9.78. The maximum absolute atomic E-state index is 13.5. The van der Waals surface area contributed by atoms with Gasteiger partial charge in [0, 0.05) is 4.47 Å². The number of carbonyl (C=O) groups is 2. The summed E-state index contributed by atoms with van der Waals surface area (Å²) in [5, 5.41) is 13.1. The number of halogens is 1. The summed E-state index contributed by atoms with van der Waals surface area (Å²) in [4.78, 5) is 27.2. The van der Waals surface area contributed by atoms with Crippen LogP contribution in [0.1, 0.15) is 44.1 Å². The Morgan fingerprint density at radius 1 is 1.12 bits per heavy atom. The third-order valence-electron chi connectivity index (χ3n) is 6.76. The van der Waals surface area contributed by atoms with Gasteiger partial charge in [-0.05, 0) is 61.6 Å². The molecule has 33 heavy (non-hydrogen) atoms. The summed E-state index contributed by atoms with van der Waals surface area (Å²) in [6.07, 6.45) is 5.91. The number of rotatable bonds is 8. The first kappa shape index (κ1) is 23.8. The highest BCUT2D eigenvalue weighted by molar-refractivity contribution is 9.10. The van der Waals surface area contributed by atoms with Crippen LogP contribution in [-0.2, 0) is 16.1 Å². The fourth-order valence-electron chi connectivity index (χ4n) is 4.95. The van der Waals surface area contributed by atoms with Crippen molar-refractivity contribution in [1.82, 2.24) is 5.32 Å². The van der Waals surface area contributed by atoms with Gasteiger partial charge in [-0.25, -0.2) is 0 Å². The first-order valence-electron chi connectivity index (χ1n) is 11.8. The maximum Gasteiger partial charge on any atom is 0.306 e. The quantitative estimate of drug-likeness (QED) is 0.517. The largest absolute Gasteiger partial charge is 0.489 e. The second-order valence-corrected chi connectivity index (χ2v) is 9.88. The highest BCUT2D eigenvalue weighted by atomic mass is 79.9. The lowest BCUT2D eigenvalue weighted by Crippen LogP contribution is -2.48. The van der Waals surface area contributed by atoms with Crippen LogP contribution in [0.2, 0.25) is 0 Å². The van der Waals surface area contributed by atoms with Gasteiger partial charge in [0.15, 0.2) is 0 Å². The molecule has 1 saturated carbocycles. The van der Waals surface area contributed by atoms with Crippen LogP contribution in [-0.4, -0.2) is 36.2 Å². The number of nitrogens with zero attached hydrogens (tertiary/aromatic N) is 1. The van der Waals surface area contributed by atoms with E-state index in [-0.39, 0.29) is 24.3 Å². The summed E-state index contributed by atoms with van der Waals surface area (Å²) < 4.78 is 6.98. The molecule has 1 aliphatic carbocycles. The molecule has 1 fully saturated rings. The van der Waals surface area contributed by atoms with Crippen molar-refractivity contribution in [3.63, 3.8) is 0 Å². The summed E-state index contributed by atoms with van der Waals surface area (Å²) in [6, 6.07) is 15.0. The molecule has 0 radical (unpaired) electrons. The van der Waals surface area contributed by atoms with Gasteiger partial charge in [0.25, 0.3) is 0 Å². The van der Waals surface area contributed by atoms with Crippen LogP contribution >= 0.6 is 15.9 Å². The molecule has 2 aliphatic rings. The minimum absolute atomic E-state index is 0.0626. The summed E-state index contributed by atoms with van der Waals surface area (Å²) in [5.41, 5.74) is 1.77. The van der Waals surface area contributed by atoms with E-state index in [1.165, 1.54) is 6.42 Å². The summed E-state index contributed by atoms with van der Waals surface area (Å²) in [5.74, 6) is -0.241.